The molecule has 0 bridgehead atoms. The highest BCUT2D eigenvalue weighted by Gasteiger charge is 1.79. The van der Waals surface area contributed by atoms with Gasteiger partial charge in [-0.3, -0.25) is 0 Å². The minimum absolute atomic E-state index is 0.847. The quantitative estimate of drug-likeness (QED) is 0.548. The molecule has 0 unspecified atom stereocenters. The molecular weight excluding hydrogens is 112 g/mol. The fraction of sp³-hybridized carbons (Fsp3) is 0.571. The van der Waals surface area contributed by atoms with E-state index in [2.05, 4.69) is 0 Å². The number of hydrogen-bond donors (Lipinski definition) is 2. The van der Waals surface area contributed by atoms with Gasteiger partial charge in [0.05, 0.1) is 0 Å². The highest BCUT2D eigenvalue weighted by Crippen LogP contribution is 1.89. The first-order valence-electron chi connectivity index (χ1n) is 3.26. The van der Waals surface area contributed by atoms with Gasteiger partial charge in [-0.25, -0.2) is 0 Å². The van der Waals surface area contributed by atoms with Crippen LogP contribution in [0.1, 0.15) is 27.2 Å². The molecule has 0 aromatic heterocycles. The minimum Gasteiger partial charge on any atom is -0.404 e. The lowest BCUT2D eigenvalue weighted by Crippen LogP contribution is -1.86. The highest BCUT2D eigenvalue weighted by atomic mass is 14.5. The van der Waals surface area contributed by atoms with Crippen molar-refractivity contribution in [3.8, 4) is 0 Å². The Balaban J connectivity index is 0. The van der Waals surface area contributed by atoms with E-state index in [4.69, 9.17) is 11.1 Å². The first-order chi connectivity index (χ1) is 4.35. The van der Waals surface area contributed by atoms with E-state index in [0.717, 1.165) is 12.0 Å². The molecule has 0 radical (unpaired) electrons. The molecule has 0 aliphatic heterocycles. The zero-order chi connectivity index (χ0) is 7.70. The molecule has 54 valence electrons. The van der Waals surface area contributed by atoms with Crippen LogP contribution in [0.3, 0.4) is 0 Å². The normalized spacial score (nSPS) is 9.44. The molecule has 0 aliphatic carbocycles. The summed E-state index contributed by atoms with van der Waals surface area (Å²) in [4.78, 5) is 0. The summed E-state index contributed by atoms with van der Waals surface area (Å²) in [5.74, 6) is 0. The molecule has 0 spiro atoms. The predicted octanol–water partition coefficient (Wildman–Crippen LogP) is 1.91. The second-order valence-corrected chi connectivity index (χ2v) is 1.24. The van der Waals surface area contributed by atoms with Gasteiger partial charge in [0.25, 0.3) is 0 Å². The molecule has 0 amide bonds. The second kappa shape index (κ2) is 10.2. The van der Waals surface area contributed by atoms with E-state index in [9.17, 15) is 0 Å². The molecule has 3 N–H and O–H groups in total. The molecule has 0 heterocycles. The van der Waals surface area contributed by atoms with Crippen molar-refractivity contribution >= 4 is 6.21 Å². The maximum Gasteiger partial charge on any atom is 0.0224 e. The molecule has 0 saturated carbocycles. The van der Waals surface area contributed by atoms with Gasteiger partial charge >= 0.3 is 0 Å². The number of nitrogens with one attached hydrogen (secondary N) is 1. The van der Waals surface area contributed by atoms with Crippen LogP contribution in [0, 0.1) is 5.41 Å². The van der Waals surface area contributed by atoms with Crippen molar-refractivity contribution in [3.63, 3.8) is 0 Å². The Hall–Kier alpha value is -0.790. The van der Waals surface area contributed by atoms with Crippen molar-refractivity contribution in [2.45, 2.75) is 27.2 Å². The smallest absolute Gasteiger partial charge is 0.0224 e. The first kappa shape index (κ1) is 11.1. The summed E-state index contributed by atoms with van der Waals surface area (Å²) in [6.07, 6.45) is 3.56. The van der Waals surface area contributed by atoms with Gasteiger partial charge in [-0.1, -0.05) is 20.8 Å². The number of hydrogen-bond acceptors (Lipinski definition) is 2. The molecule has 0 aromatic carbocycles. The van der Waals surface area contributed by atoms with Gasteiger partial charge < -0.3 is 11.1 Å². The molecule has 0 aromatic rings. The predicted molar refractivity (Wildman–Crippen MR) is 42.7 cm³/mol. The van der Waals surface area contributed by atoms with Crippen molar-refractivity contribution in [3.05, 3.63) is 11.8 Å². The van der Waals surface area contributed by atoms with Gasteiger partial charge in [0.2, 0.25) is 0 Å². The SMILES string of the molecule is CC.CC/C(C=N)=C/N. The zero-order valence-electron chi connectivity index (χ0n) is 6.44. The Morgan fingerprint density at radius 1 is 1.56 bits per heavy atom. The molecule has 0 fully saturated rings. The summed E-state index contributed by atoms with van der Waals surface area (Å²) >= 11 is 0. The van der Waals surface area contributed by atoms with Crippen LogP contribution in [-0.2, 0) is 0 Å². The molecule has 0 rings (SSSR count). The van der Waals surface area contributed by atoms with Gasteiger partial charge in [-0.05, 0) is 18.2 Å². The van der Waals surface area contributed by atoms with Crippen molar-refractivity contribution < 1.29 is 0 Å². The molecule has 2 heteroatoms. The lowest BCUT2D eigenvalue weighted by molar-refractivity contribution is 1.16. The first-order valence-corrected chi connectivity index (χ1v) is 3.26. The van der Waals surface area contributed by atoms with Gasteiger partial charge in [0.1, 0.15) is 0 Å². The highest BCUT2D eigenvalue weighted by molar-refractivity contribution is 5.75. The maximum atomic E-state index is 6.69. The van der Waals surface area contributed by atoms with E-state index >= 15 is 0 Å². The van der Waals surface area contributed by atoms with Crippen molar-refractivity contribution in [1.29, 1.82) is 5.41 Å². The van der Waals surface area contributed by atoms with Crippen LogP contribution in [0.5, 0.6) is 0 Å². The van der Waals surface area contributed by atoms with Crippen LogP contribution in [-0.4, -0.2) is 6.21 Å². The van der Waals surface area contributed by atoms with Gasteiger partial charge in [0, 0.05) is 6.21 Å². The molecular formula is C7H16N2. The van der Waals surface area contributed by atoms with E-state index in [-0.39, 0.29) is 0 Å². The standard InChI is InChI=1S/C5H10N2.C2H6/c1-2-5(3-6)4-7;1-2/h3-4,6H,2,7H2,1H3;1-2H3/b5-4-,6-3?;. The average molecular weight is 128 g/mol. The van der Waals surface area contributed by atoms with E-state index in [1.165, 1.54) is 12.4 Å². The third-order valence-corrected chi connectivity index (χ3v) is 0.808. The number of rotatable bonds is 2. The fourth-order valence-corrected chi connectivity index (χ4v) is 0.268. The second-order valence-electron chi connectivity index (χ2n) is 1.24. The zero-order valence-corrected chi connectivity index (χ0v) is 6.44. The third kappa shape index (κ3) is 7.21. The van der Waals surface area contributed by atoms with E-state index in [1.807, 2.05) is 20.8 Å². The largest absolute Gasteiger partial charge is 0.404 e. The van der Waals surface area contributed by atoms with Crippen LogP contribution in [0.15, 0.2) is 11.8 Å². The summed E-state index contributed by atoms with van der Waals surface area (Å²) in [5, 5.41) is 6.69. The van der Waals surface area contributed by atoms with Crippen LogP contribution in [0.25, 0.3) is 0 Å². The van der Waals surface area contributed by atoms with Crippen molar-refractivity contribution in [1.82, 2.24) is 0 Å². The molecule has 2 nitrogen and oxygen atoms in total. The Labute approximate surface area is 57.3 Å². The van der Waals surface area contributed by atoms with Crippen molar-refractivity contribution in [2.24, 2.45) is 5.73 Å². The third-order valence-electron chi connectivity index (χ3n) is 0.808. The van der Waals surface area contributed by atoms with E-state index in [1.54, 1.807) is 0 Å². The monoisotopic (exact) mass is 128 g/mol. The maximum absolute atomic E-state index is 6.69. The molecule has 0 atom stereocenters. The molecule has 0 aliphatic rings. The van der Waals surface area contributed by atoms with Crippen molar-refractivity contribution in [2.75, 3.05) is 0 Å². The van der Waals surface area contributed by atoms with Crippen LogP contribution in [0.2, 0.25) is 0 Å². The summed E-state index contributed by atoms with van der Waals surface area (Å²) < 4.78 is 0. The van der Waals surface area contributed by atoms with Crippen LogP contribution >= 0.6 is 0 Å². The topological polar surface area (TPSA) is 49.9 Å². The average Bonchev–Trinajstić information content (AvgIpc) is 1.96. The minimum atomic E-state index is 0.847. The van der Waals surface area contributed by atoms with Crippen LogP contribution < -0.4 is 5.73 Å². The Morgan fingerprint density at radius 3 is 2.00 bits per heavy atom. The number of nitrogens with two attached hydrogens (primary N) is 1. The molecule has 0 saturated heterocycles. The number of allylic oxidation sites excluding steroid dienone is 1. The summed E-state index contributed by atoms with van der Waals surface area (Å²) in [6.45, 7) is 5.96. The van der Waals surface area contributed by atoms with E-state index < -0.39 is 0 Å². The van der Waals surface area contributed by atoms with Crippen LogP contribution in [0.4, 0.5) is 0 Å². The van der Waals surface area contributed by atoms with Gasteiger partial charge in [-0.2, -0.15) is 0 Å². The summed E-state index contributed by atoms with van der Waals surface area (Å²) in [6, 6.07) is 0. The lowest BCUT2D eigenvalue weighted by Gasteiger charge is -1.86. The van der Waals surface area contributed by atoms with E-state index in [0.29, 0.717) is 0 Å². The van der Waals surface area contributed by atoms with Gasteiger partial charge in [-0.15, -0.1) is 0 Å². The lowest BCUT2D eigenvalue weighted by atomic mass is 10.2. The summed E-state index contributed by atoms with van der Waals surface area (Å²) in [7, 11) is 0. The molecule has 9 heavy (non-hydrogen) atoms. The Bertz CT molecular complexity index is 84.9. The van der Waals surface area contributed by atoms with Gasteiger partial charge in [0.15, 0.2) is 0 Å². The fourth-order valence-electron chi connectivity index (χ4n) is 0.268. The Kier molecular flexibility index (Phi) is 12.6. The summed E-state index contributed by atoms with van der Waals surface area (Å²) in [5.41, 5.74) is 5.96. The Morgan fingerprint density at radius 2 is 2.00 bits per heavy atom.